The van der Waals surface area contributed by atoms with Crippen molar-refractivity contribution in [1.82, 2.24) is 10.2 Å². The molecule has 0 spiro atoms. The molecule has 2 aliphatic rings. The molecule has 1 aromatic rings. The minimum atomic E-state index is -3.91. The summed E-state index contributed by atoms with van der Waals surface area (Å²) in [6.07, 6.45) is -1.25. The monoisotopic (exact) mass is 480 g/mol. The van der Waals surface area contributed by atoms with E-state index in [0.717, 1.165) is 17.4 Å². The Balaban J connectivity index is 1.80. The Bertz CT molecular complexity index is 1100. The molecule has 0 aliphatic carbocycles. The molecule has 0 unspecified atom stereocenters. The lowest BCUT2D eigenvalue weighted by atomic mass is 10.0. The SMILES string of the molecule is CO[C@H]1C(=O)N2C(C(=O)N[C@@H](C)C(=O)OCc3ccccc3)=C(COC(C)=O)CS(=O)(=O)[C@H]12. The van der Waals surface area contributed by atoms with Gasteiger partial charge in [0.05, 0.1) is 5.75 Å². The Kier molecular flexibility index (Phi) is 7.18. The van der Waals surface area contributed by atoms with E-state index >= 15 is 0 Å². The summed E-state index contributed by atoms with van der Waals surface area (Å²) in [4.78, 5) is 49.9. The summed E-state index contributed by atoms with van der Waals surface area (Å²) >= 11 is 0. The molecular weight excluding hydrogens is 456 g/mol. The van der Waals surface area contributed by atoms with Crippen molar-refractivity contribution in [2.24, 2.45) is 0 Å². The third-order valence-electron chi connectivity index (χ3n) is 5.16. The molecule has 1 saturated heterocycles. The number of carbonyl (C=O) groups excluding carboxylic acids is 4. The number of hydrogen-bond donors (Lipinski definition) is 1. The Morgan fingerprint density at radius 1 is 1.15 bits per heavy atom. The molecule has 2 heterocycles. The highest BCUT2D eigenvalue weighted by molar-refractivity contribution is 7.92. The number of fused-ring (bicyclic) bond motifs is 1. The topological polar surface area (TPSA) is 145 Å². The molecule has 12 heteroatoms. The highest BCUT2D eigenvalue weighted by Gasteiger charge is 2.60. The Morgan fingerprint density at radius 3 is 2.42 bits per heavy atom. The van der Waals surface area contributed by atoms with Crippen molar-refractivity contribution in [1.29, 1.82) is 0 Å². The number of β-lactam (4-membered cyclic amide) rings is 1. The number of nitrogens with one attached hydrogen (secondary N) is 1. The maximum absolute atomic E-state index is 13.0. The van der Waals surface area contributed by atoms with Gasteiger partial charge in [0.1, 0.15) is 25.0 Å². The van der Waals surface area contributed by atoms with Crippen LogP contribution in [-0.4, -0.2) is 74.1 Å². The van der Waals surface area contributed by atoms with E-state index in [2.05, 4.69) is 5.32 Å². The molecule has 1 fully saturated rings. The molecule has 0 aromatic heterocycles. The van der Waals surface area contributed by atoms with Crippen LogP contribution >= 0.6 is 0 Å². The molecule has 0 bridgehead atoms. The number of carbonyl (C=O) groups is 4. The summed E-state index contributed by atoms with van der Waals surface area (Å²) in [7, 11) is -2.71. The van der Waals surface area contributed by atoms with E-state index in [1.54, 1.807) is 24.3 Å². The summed E-state index contributed by atoms with van der Waals surface area (Å²) in [6, 6.07) is 7.83. The van der Waals surface area contributed by atoms with E-state index in [1.807, 2.05) is 6.07 Å². The van der Waals surface area contributed by atoms with Gasteiger partial charge in [-0.15, -0.1) is 0 Å². The van der Waals surface area contributed by atoms with Crippen LogP contribution in [0.2, 0.25) is 0 Å². The van der Waals surface area contributed by atoms with Gasteiger partial charge in [0.15, 0.2) is 21.3 Å². The summed E-state index contributed by atoms with van der Waals surface area (Å²) in [5.74, 6) is -3.62. The van der Waals surface area contributed by atoms with Gasteiger partial charge in [-0.2, -0.15) is 0 Å². The fraction of sp³-hybridized carbons (Fsp3) is 0.429. The maximum Gasteiger partial charge on any atom is 0.328 e. The van der Waals surface area contributed by atoms with Crippen LogP contribution in [0.1, 0.15) is 19.4 Å². The number of ether oxygens (including phenoxy) is 3. The second-order valence-electron chi connectivity index (χ2n) is 7.58. The first kappa shape index (κ1) is 24.4. The highest BCUT2D eigenvalue weighted by atomic mass is 32.2. The molecule has 2 amide bonds. The van der Waals surface area contributed by atoms with E-state index in [4.69, 9.17) is 14.2 Å². The Morgan fingerprint density at radius 2 is 1.82 bits per heavy atom. The van der Waals surface area contributed by atoms with E-state index in [1.165, 1.54) is 14.0 Å². The van der Waals surface area contributed by atoms with Gasteiger partial charge in [-0.05, 0) is 12.5 Å². The smallest absolute Gasteiger partial charge is 0.328 e. The first-order valence-corrected chi connectivity index (χ1v) is 11.7. The first-order valence-electron chi connectivity index (χ1n) is 10.0. The van der Waals surface area contributed by atoms with Crippen molar-refractivity contribution in [3.63, 3.8) is 0 Å². The van der Waals surface area contributed by atoms with Crippen LogP contribution in [-0.2, 0) is 49.8 Å². The number of esters is 2. The van der Waals surface area contributed by atoms with Crippen molar-refractivity contribution in [3.05, 3.63) is 47.2 Å². The lowest BCUT2D eigenvalue weighted by Gasteiger charge is -2.48. The van der Waals surface area contributed by atoms with Gasteiger partial charge in [-0.3, -0.25) is 19.3 Å². The molecule has 0 radical (unpaired) electrons. The molecule has 11 nitrogen and oxygen atoms in total. The number of sulfone groups is 1. The molecule has 33 heavy (non-hydrogen) atoms. The van der Waals surface area contributed by atoms with Crippen LogP contribution in [0.5, 0.6) is 0 Å². The molecule has 178 valence electrons. The zero-order chi connectivity index (χ0) is 24.3. The maximum atomic E-state index is 13.0. The standard InChI is InChI=1S/C21H24N2O9S/c1-12(21(27)32-9-14-7-5-4-6-8-14)22-18(25)16-15(10-31-13(2)24)11-33(28,29)20-17(30-3)19(26)23(16)20/h4-8,12,17,20H,9-11H2,1-3H3,(H,22,25)/t12-,17-,20+/m0/s1. The lowest BCUT2D eigenvalue weighted by Crippen LogP contribution is -2.71. The third kappa shape index (κ3) is 5.06. The Labute approximate surface area is 190 Å². The van der Waals surface area contributed by atoms with Crippen LogP contribution < -0.4 is 5.32 Å². The third-order valence-corrected chi connectivity index (χ3v) is 7.10. The fourth-order valence-corrected chi connectivity index (χ4v) is 5.57. The van der Waals surface area contributed by atoms with Crippen molar-refractivity contribution in [2.75, 3.05) is 19.5 Å². The quantitative estimate of drug-likeness (QED) is 0.390. The Hall–Kier alpha value is -3.25. The van der Waals surface area contributed by atoms with Gasteiger partial charge >= 0.3 is 11.9 Å². The van der Waals surface area contributed by atoms with E-state index in [-0.39, 0.29) is 17.9 Å². The molecular formula is C21H24N2O9S. The number of methoxy groups -OCH3 is 1. The highest BCUT2D eigenvalue weighted by Crippen LogP contribution is 2.38. The van der Waals surface area contributed by atoms with Crippen molar-refractivity contribution < 1.29 is 41.8 Å². The zero-order valence-corrected chi connectivity index (χ0v) is 19.1. The van der Waals surface area contributed by atoms with Gasteiger partial charge < -0.3 is 19.5 Å². The van der Waals surface area contributed by atoms with Gasteiger partial charge in [-0.25, -0.2) is 13.2 Å². The molecule has 3 rings (SSSR count). The molecule has 0 saturated carbocycles. The summed E-state index contributed by atoms with van der Waals surface area (Å²) in [5, 5.41) is 1.05. The first-order chi connectivity index (χ1) is 15.6. The van der Waals surface area contributed by atoms with Crippen molar-refractivity contribution in [3.8, 4) is 0 Å². The summed E-state index contributed by atoms with van der Waals surface area (Å²) < 4.78 is 40.4. The second-order valence-corrected chi connectivity index (χ2v) is 9.68. The van der Waals surface area contributed by atoms with Gasteiger partial charge in [-0.1, -0.05) is 30.3 Å². The molecule has 1 aromatic carbocycles. The van der Waals surface area contributed by atoms with Crippen LogP contribution in [0.3, 0.4) is 0 Å². The number of hydrogen-bond acceptors (Lipinski definition) is 9. The zero-order valence-electron chi connectivity index (χ0n) is 18.3. The van der Waals surface area contributed by atoms with Crippen LogP contribution in [0, 0.1) is 0 Å². The van der Waals surface area contributed by atoms with Crippen LogP contribution in [0.25, 0.3) is 0 Å². The fourth-order valence-electron chi connectivity index (χ4n) is 3.55. The minimum absolute atomic E-state index is 0.000723. The van der Waals surface area contributed by atoms with Gasteiger partial charge in [0.2, 0.25) is 0 Å². The molecule has 1 N–H and O–H groups in total. The summed E-state index contributed by atoms with van der Waals surface area (Å²) in [6.45, 7) is 2.02. The predicted molar refractivity (Wildman–Crippen MR) is 113 cm³/mol. The number of nitrogens with zero attached hydrogens (tertiary/aromatic N) is 1. The number of amides is 2. The average Bonchev–Trinajstić information content (AvgIpc) is 2.76. The lowest BCUT2D eigenvalue weighted by molar-refractivity contribution is -0.161. The molecule has 2 aliphatic heterocycles. The van der Waals surface area contributed by atoms with E-state index in [0.29, 0.717) is 0 Å². The van der Waals surface area contributed by atoms with Gasteiger partial charge in [0, 0.05) is 19.6 Å². The second kappa shape index (κ2) is 9.71. The summed E-state index contributed by atoms with van der Waals surface area (Å²) in [5.41, 5.74) is 0.400. The van der Waals surface area contributed by atoms with E-state index < -0.39 is 63.5 Å². The largest absolute Gasteiger partial charge is 0.461 e. The predicted octanol–water partition coefficient (Wildman–Crippen LogP) is -0.337. The van der Waals surface area contributed by atoms with Crippen LogP contribution in [0.15, 0.2) is 41.6 Å². The van der Waals surface area contributed by atoms with E-state index in [9.17, 15) is 27.6 Å². The molecule has 3 atom stereocenters. The van der Waals surface area contributed by atoms with Gasteiger partial charge in [0.25, 0.3) is 11.8 Å². The number of rotatable bonds is 8. The normalized spacial score (nSPS) is 22.0. The number of benzene rings is 1. The average molecular weight is 480 g/mol. The minimum Gasteiger partial charge on any atom is -0.461 e. The van der Waals surface area contributed by atoms with Crippen molar-refractivity contribution in [2.45, 2.75) is 38.0 Å². The van der Waals surface area contributed by atoms with Crippen molar-refractivity contribution >= 4 is 33.6 Å². The van der Waals surface area contributed by atoms with Crippen LogP contribution in [0.4, 0.5) is 0 Å².